The average Bonchev–Trinajstić information content (AvgIpc) is 3.01. The van der Waals surface area contributed by atoms with E-state index in [-0.39, 0.29) is 11.1 Å². The lowest BCUT2D eigenvalue weighted by Gasteiger charge is -2.24. The molecule has 1 amide bonds. The van der Waals surface area contributed by atoms with E-state index in [1.54, 1.807) is 18.2 Å². The van der Waals surface area contributed by atoms with Crippen LogP contribution in [0.2, 0.25) is 0 Å². The van der Waals surface area contributed by atoms with Crippen molar-refractivity contribution < 1.29 is 32.5 Å². The Hall–Kier alpha value is -2.58. The molecule has 5 nitrogen and oxygen atoms in total. The van der Waals surface area contributed by atoms with Crippen molar-refractivity contribution in [3.8, 4) is 5.75 Å². The minimum absolute atomic E-state index is 0.195. The van der Waals surface area contributed by atoms with Crippen molar-refractivity contribution >= 4 is 5.91 Å². The molecule has 8 heteroatoms. The highest BCUT2D eigenvalue weighted by atomic mass is 19.4. The van der Waals surface area contributed by atoms with Crippen LogP contribution in [0.5, 0.6) is 5.75 Å². The van der Waals surface area contributed by atoms with Crippen LogP contribution < -0.4 is 4.74 Å². The summed E-state index contributed by atoms with van der Waals surface area (Å²) in [7, 11) is 1.45. The minimum atomic E-state index is -5.05. The molecule has 1 aliphatic rings. The van der Waals surface area contributed by atoms with Crippen molar-refractivity contribution in [3.05, 3.63) is 65.7 Å². The summed E-state index contributed by atoms with van der Waals surface area (Å²) in [6.07, 6.45) is -6.44. The Morgan fingerprint density at radius 2 is 1.81 bits per heavy atom. The first-order valence-corrected chi connectivity index (χ1v) is 7.72. The second-order valence-corrected chi connectivity index (χ2v) is 5.82. The third-order valence-electron chi connectivity index (χ3n) is 4.10. The van der Waals surface area contributed by atoms with Gasteiger partial charge < -0.3 is 19.5 Å². The largest absolute Gasteiger partial charge is 0.497 e. The summed E-state index contributed by atoms with van der Waals surface area (Å²) < 4.78 is 49.7. The van der Waals surface area contributed by atoms with Gasteiger partial charge in [0.1, 0.15) is 5.75 Å². The van der Waals surface area contributed by atoms with E-state index in [0.717, 1.165) is 4.90 Å². The molecule has 2 unspecified atom stereocenters. The quantitative estimate of drug-likeness (QED) is 0.906. The van der Waals surface area contributed by atoms with E-state index in [1.807, 2.05) is 0 Å². The van der Waals surface area contributed by atoms with Crippen LogP contribution in [-0.4, -0.2) is 41.5 Å². The number of carbonyl (C=O) groups is 1. The van der Waals surface area contributed by atoms with E-state index in [4.69, 9.17) is 9.47 Å². The normalized spacial score (nSPS) is 23.1. The number of ether oxygens (including phenoxy) is 2. The van der Waals surface area contributed by atoms with Gasteiger partial charge >= 0.3 is 6.18 Å². The molecule has 2 aromatic carbocycles. The summed E-state index contributed by atoms with van der Waals surface area (Å²) in [5.41, 5.74) is 0.483. The molecule has 2 aromatic rings. The van der Waals surface area contributed by atoms with Gasteiger partial charge in [-0.1, -0.05) is 30.3 Å². The van der Waals surface area contributed by atoms with E-state index in [0.29, 0.717) is 5.75 Å². The van der Waals surface area contributed by atoms with Gasteiger partial charge in [0, 0.05) is 11.1 Å². The van der Waals surface area contributed by atoms with Crippen molar-refractivity contribution in [2.45, 2.75) is 18.2 Å². The number of benzene rings is 2. The number of carbonyl (C=O) groups excluding carboxylic acids is 1. The number of hydrogen-bond acceptors (Lipinski definition) is 4. The van der Waals surface area contributed by atoms with Gasteiger partial charge in [-0.15, -0.1) is 0 Å². The lowest BCUT2D eigenvalue weighted by atomic mass is 10.1. The Labute approximate surface area is 147 Å². The monoisotopic (exact) mass is 367 g/mol. The van der Waals surface area contributed by atoms with Crippen molar-refractivity contribution in [1.82, 2.24) is 4.90 Å². The van der Waals surface area contributed by atoms with Gasteiger partial charge in [-0.2, -0.15) is 13.2 Å². The molecule has 3 rings (SSSR count). The average molecular weight is 367 g/mol. The van der Waals surface area contributed by atoms with Crippen LogP contribution in [0.3, 0.4) is 0 Å². The third kappa shape index (κ3) is 3.25. The Morgan fingerprint density at radius 3 is 2.35 bits per heavy atom. The van der Waals surface area contributed by atoms with Gasteiger partial charge in [-0.3, -0.25) is 4.79 Å². The van der Waals surface area contributed by atoms with Crippen molar-refractivity contribution in [2.24, 2.45) is 0 Å². The zero-order valence-electron chi connectivity index (χ0n) is 13.7. The number of amides is 1. The third-order valence-corrected chi connectivity index (χ3v) is 4.10. The number of rotatable bonds is 3. The molecular formula is C18H16F3NO4. The van der Waals surface area contributed by atoms with E-state index < -0.39 is 30.6 Å². The van der Waals surface area contributed by atoms with Crippen LogP contribution in [0, 0.1) is 0 Å². The van der Waals surface area contributed by atoms with Crippen molar-refractivity contribution in [2.75, 3.05) is 13.7 Å². The van der Waals surface area contributed by atoms with Gasteiger partial charge in [0.05, 0.1) is 13.7 Å². The van der Waals surface area contributed by atoms with Gasteiger partial charge in [0.2, 0.25) is 0 Å². The molecule has 26 heavy (non-hydrogen) atoms. The van der Waals surface area contributed by atoms with Crippen LogP contribution in [0.15, 0.2) is 54.6 Å². The zero-order valence-corrected chi connectivity index (χ0v) is 13.7. The molecule has 0 spiro atoms. The minimum Gasteiger partial charge on any atom is -0.497 e. The molecular weight excluding hydrogens is 351 g/mol. The van der Waals surface area contributed by atoms with E-state index in [1.165, 1.54) is 43.5 Å². The molecule has 0 aromatic heterocycles. The molecule has 1 fully saturated rings. The summed E-state index contributed by atoms with van der Waals surface area (Å²) >= 11 is 0. The number of nitrogens with zero attached hydrogens (tertiary/aromatic N) is 1. The molecule has 1 N–H and O–H groups in total. The molecule has 0 aliphatic carbocycles. The topological polar surface area (TPSA) is 59.0 Å². The maximum absolute atomic E-state index is 13.3. The first-order chi connectivity index (χ1) is 12.2. The lowest BCUT2D eigenvalue weighted by Crippen LogP contribution is -2.49. The fraction of sp³-hybridized carbons (Fsp3) is 0.278. The molecule has 0 bridgehead atoms. The zero-order chi connectivity index (χ0) is 18.9. The molecule has 1 saturated heterocycles. The van der Waals surface area contributed by atoms with Crippen molar-refractivity contribution in [3.63, 3.8) is 0 Å². The summed E-state index contributed by atoms with van der Waals surface area (Å²) in [5.74, 6) is -3.62. The second kappa shape index (κ2) is 6.62. The summed E-state index contributed by atoms with van der Waals surface area (Å²) in [4.78, 5) is 13.6. The van der Waals surface area contributed by atoms with Crippen LogP contribution in [0.4, 0.5) is 13.2 Å². The number of methoxy groups -OCH3 is 1. The van der Waals surface area contributed by atoms with Crippen LogP contribution >= 0.6 is 0 Å². The highest BCUT2D eigenvalue weighted by Crippen LogP contribution is 2.44. The molecule has 0 radical (unpaired) electrons. The summed E-state index contributed by atoms with van der Waals surface area (Å²) in [6, 6.07) is 13.9. The smallest absolute Gasteiger partial charge is 0.445 e. The van der Waals surface area contributed by atoms with Crippen LogP contribution in [0.25, 0.3) is 0 Å². The lowest BCUT2D eigenvalue weighted by molar-refractivity contribution is -0.352. The van der Waals surface area contributed by atoms with Crippen LogP contribution in [0.1, 0.15) is 22.1 Å². The first kappa shape index (κ1) is 18.2. The highest BCUT2D eigenvalue weighted by Gasteiger charge is 2.63. The SMILES string of the molecule is COc1ccc(C2OC(O)(C(F)(F)F)CN2C(=O)c2ccccc2)cc1. The Balaban J connectivity index is 1.98. The molecule has 1 heterocycles. The standard InChI is InChI=1S/C18H16F3NO4/c1-25-14-9-7-13(8-10-14)16-22(11-17(24,26-16)18(19,20)21)15(23)12-5-3-2-4-6-12/h2-10,16,24H,11H2,1H3. The van der Waals surface area contributed by atoms with Gasteiger partial charge in [0.15, 0.2) is 6.23 Å². The summed E-state index contributed by atoms with van der Waals surface area (Å²) in [5, 5.41) is 9.96. The highest BCUT2D eigenvalue weighted by molar-refractivity contribution is 5.94. The Kier molecular flexibility index (Phi) is 4.64. The number of halogens is 3. The van der Waals surface area contributed by atoms with Gasteiger partial charge in [-0.05, 0) is 24.3 Å². The maximum Gasteiger partial charge on any atom is 0.445 e. The molecule has 0 saturated carbocycles. The number of alkyl halides is 3. The number of β-amino-alcohol motifs (C(OH)–C–C–N with tert-alkyl or cyclic N) is 1. The number of aliphatic hydroxyl groups is 1. The predicted octanol–water partition coefficient (Wildman–Crippen LogP) is 3.12. The van der Waals surface area contributed by atoms with E-state index in [9.17, 15) is 23.1 Å². The summed E-state index contributed by atoms with van der Waals surface area (Å²) in [6.45, 7) is -1.03. The maximum atomic E-state index is 13.3. The van der Waals surface area contributed by atoms with Crippen LogP contribution in [-0.2, 0) is 4.74 Å². The first-order valence-electron chi connectivity index (χ1n) is 7.72. The van der Waals surface area contributed by atoms with Gasteiger partial charge in [-0.25, -0.2) is 0 Å². The molecule has 138 valence electrons. The van der Waals surface area contributed by atoms with E-state index >= 15 is 0 Å². The fourth-order valence-electron chi connectivity index (χ4n) is 2.70. The second-order valence-electron chi connectivity index (χ2n) is 5.82. The predicted molar refractivity (Wildman–Crippen MR) is 85.3 cm³/mol. The number of hydrogen-bond donors (Lipinski definition) is 1. The van der Waals surface area contributed by atoms with Gasteiger partial charge in [0.25, 0.3) is 11.7 Å². The molecule has 1 aliphatic heterocycles. The van der Waals surface area contributed by atoms with Crippen molar-refractivity contribution in [1.29, 1.82) is 0 Å². The van der Waals surface area contributed by atoms with E-state index in [2.05, 4.69) is 0 Å². The fourth-order valence-corrected chi connectivity index (χ4v) is 2.70. The Morgan fingerprint density at radius 1 is 1.19 bits per heavy atom. The Bertz CT molecular complexity index is 779. The molecule has 2 atom stereocenters.